The lowest BCUT2D eigenvalue weighted by molar-refractivity contribution is 0.102. The number of carbonyl (C=O) groups is 1. The summed E-state index contributed by atoms with van der Waals surface area (Å²) in [4.78, 5) is 21.9. The summed E-state index contributed by atoms with van der Waals surface area (Å²) in [5.41, 5.74) is 4.04. The molecule has 0 saturated heterocycles. The van der Waals surface area contributed by atoms with Gasteiger partial charge in [-0.2, -0.15) is 0 Å². The van der Waals surface area contributed by atoms with E-state index in [0.717, 1.165) is 22.5 Å². The topological polar surface area (TPSA) is 91.7 Å². The lowest BCUT2D eigenvalue weighted by Gasteiger charge is -2.20. The summed E-state index contributed by atoms with van der Waals surface area (Å²) >= 11 is 1.34. The van der Waals surface area contributed by atoms with E-state index in [0.29, 0.717) is 23.7 Å². The van der Waals surface area contributed by atoms with Crippen molar-refractivity contribution in [1.29, 1.82) is 0 Å². The van der Waals surface area contributed by atoms with Crippen LogP contribution in [0, 0.1) is 12.8 Å². The molecule has 2 aromatic carbocycles. The summed E-state index contributed by atoms with van der Waals surface area (Å²) < 4.78 is 27.9. The molecular formula is C25H24N4O3S2. The van der Waals surface area contributed by atoms with E-state index in [1.54, 1.807) is 6.21 Å². The number of nitrogens with zero attached hydrogens (tertiary/aromatic N) is 3. The Labute approximate surface area is 202 Å². The summed E-state index contributed by atoms with van der Waals surface area (Å²) in [6.07, 6.45) is 6.45. The Morgan fingerprint density at radius 2 is 1.97 bits per heavy atom. The number of hydrogen-bond acceptors (Lipinski definition) is 6. The summed E-state index contributed by atoms with van der Waals surface area (Å²) in [6.45, 7) is 4.48. The van der Waals surface area contributed by atoms with Gasteiger partial charge in [-0.15, -0.1) is 11.3 Å². The van der Waals surface area contributed by atoms with Gasteiger partial charge in [-0.1, -0.05) is 30.7 Å². The van der Waals surface area contributed by atoms with Crippen LogP contribution in [0.25, 0.3) is 0 Å². The van der Waals surface area contributed by atoms with Crippen LogP contribution in [0.5, 0.6) is 0 Å². The summed E-state index contributed by atoms with van der Waals surface area (Å²) in [5, 5.41) is 5.19. The van der Waals surface area contributed by atoms with E-state index < -0.39 is 10.0 Å². The Balaban J connectivity index is 1.30. The number of anilines is 2. The number of rotatable bonds is 5. The Bertz CT molecular complexity index is 1410. The molecule has 2 aliphatic heterocycles. The molecule has 1 amide bonds. The van der Waals surface area contributed by atoms with Crippen LogP contribution in [0.1, 0.15) is 40.1 Å². The Morgan fingerprint density at radius 1 is 1.18 bits per heavy atom. The number of dihydropyridines is 1. The number of sulfonamides is 1. The van der Waals surface area contributed by atoms with Crippen molar-refractivity contribution in [3.8, 4) is 0 Å². The Kier molecular flexibility index (Phi) is 5.83. The molecular weight excluding hydrogens is 468 g/mol. The van der Waals surface area contributed by atoms with Crippen LogP contribution in [-0.2, 0) is 16.4 Å². The van der Waals surface area contributed by atoms with Crippen LogP contribution in [0.3, 0.4) is 0 Å². The van der Waals surface area contributed by atoms with Crippen LogP contribution in [0.4, 0.5) is 10.8 Å². The first kappa shape index (κ1) is 22.5. The van der Waals surface area contributed by atoms with Crippen molar-refractivity contribution < 1.29 is 13.2 Å². The second-order valence-corrected chi connectivity index (χ2v) is 11.2. The molecule has 2 aliphatic rings. The molecule has 174 valence electrons. The molecule has 34 heavy (non-hydrogen) atoms. The van der Waals surface area contributed by atoms with E-state index in [4.69, 9.17) is 0 Å². The van der Waals surface area contributed by atoms with Gasteiger partial charge < -0.3 is 0 Å². The summed E-state index contributed by atoms with van der Waals surface area (Å²) in [6, 6.07) is 11.8. The number of aliphatic imine (C=N–C) groups is 1. The third kappa shape index (κ3) is 4.17. The van der Waals surface area contributed by atoms with Gasteiger partial charge in [0.25, 0.3) is 15.9 Å². The van der Waals surface area contributed by atoms with Gasteiger partial charge >= 0.3 is 0 Å². The number of thiazole rings is 1. The fraction of sp³-hybridized carbons (Fsp3) is 0.240. The highest BCUT2D eigenvalue weighted by atomic mass is 32.2. The van der Waals surface area contributed by atoms with Crippen LogP contribution in [0.2, 0.25) is 0 Å². The number of benzene rings is 2. The van der Waals surface area contributed by atoms with Gasteiger partial charge in [0.15, 0.2) is 5.13 Å². The number of hydrogen-bond donors (Lipinski definition) is 1. The van der Waals surface area contributed by atoms with Crippen molar-refractivity contribution in [2.45, 2.75) is 31.2 Å². The van der Waals surface area contributed by atoms with E-state index in [2.05, 4.69) is 28.3 Å². The fourth-order valence-electron chi connectivity index (χ4n) is 4.26. The van der Waals surface area contributed by atoms with Gasteiger partial charge in [0.2, 0.25) is 0 Å². The highest BCUT2D eigenvalue weighted by Gasteiger charge is 2.31. The number of nitrogens with one attached hydrogen (secondary N) is 1. The monoisotopic (exact) mass is 492 g/mol. The third-order valence-electron chi connectivity index (χ3n) is 6.08. The minimum absolute atomic E-state index is 0.0592. The van der Waals surface area contributed by atoms with Crippen molar-refractivity contribution in [3.05, 3.63) is 82.4 Å². The van der Waals surface area contributed by atoms with Gasteiger partial charge in [-0.25, -0.2) is 13.4 Å². The molecule has 7 nitrogen and oxygen atoms in total. The molecule has 1 N–H and O–H groups in total. The molecule has 0 radical (unpaired) electrons. The number of aryl methyl sites for hydroxylation is 1. The number of allylic oxidation sites excluding steroid dienone is 1. The molecule has 0 bridgehead atoms. The van der Waals surface area contributed by atoms with Crippen molar-refractivity contribution in [1.82, 2.24) is 4.98 Å². The van der Waals surface area contributed by atoms with Gasteiger partial charge in [-0.05, 0) is 55.3 Å². The molecule has 2 unspecified atom stereocenters. The summed E-state index contributed by atoms with van der Waals surface area (Å²) in [5.74, 6) is -0.108. The van der Waals surface area contributed by atoms with Crippen molar-refractivity contribution in [2.75, 3.05) is 16.2 Å². The molecule has 3 heterocycles. The molecule has 1 aromatic heterocycles. The maximum atomic E-state index is 13.2. The molecule has 9 heteroatoms. The number of aromatic nitrogens is 1. The maximum absolute atomic E-state index is 13.2. The lowest BCUT2D eigenvalue weighted by Crippen LogP contribution is -2.29. The highest BCUT2D eigenvalue weighted by Crippen LogP contribution is 2.34. The van der Waals surface area contributed by atoms with E-state index in [1.807, 2.05) is 36.6 Å². The minimum atomic E-state index is -3.71. The SMILES string of the molecule is Cc1ccc2c(c1)CCN2S(=O)(=O)c1ccc(C(=O)Nc2nc(C3N=CC=CC3C)cs2)cc1. The molecule has 0 spiro atoms. The first-order chi connectivity index (χ1) is 16.3. The number of fused-ring (bicyclic) bond motifs is 1. The van der Waals surface area contributed by atoms with E-state index in [1.165, 1.54) is 39.9 Å². The van der Waals surface area contributed by atoms with Gasteiger partial charge in [0.1, 0.15) is 0 Å². The molecule has 5 rings (SSSR count). The molecule has 0 saturated carbocycles. The fourth-order valence-corrected chi connectivity index (χ4v) is 6.50. The van der Waals surface area contributed by atoms with E-state index in [9.17, 15) is 13.2 Å². The Hall–Kier alpha value is -3.30. The molecule has 0 fully saturated rings. The highest BCUT2D eigenvalue weighted by molar-refractivity contribution is 7.92. The first-order valence-electron chi connectivity index (χ1n) is 11.0. The quantitative estimate of drug-likeness (QED) is 0.555. The smallest absolute Gasteiger partial charge is 0.264 e. The zero-order chi connectivity index (χ0) is 23.9. The van der Waals surface area contributed by atoms with Crippen LogP contribution in [0.15, 0.2) is 69.9 Å². The lowest BCUT2D eigenvalue weighted by atomic mass is 9.98. The standard InChI is InChI=1S/C25H24N4O3S2/c1-16-5-10-22-19(14-16)11-13-29(22)34(31,32)20-8-6-18(7-9-20)24(30)28-25-27-21(15-33-25)23-17(2)4-3-12-26-23/h3-10,12,14-15,17,23H,11,13H2,1-2H3,(H,27,28,30). The second kappa shape index (κ2) is 8.81. The van der Waals surface area contributed by atoms with Gasteiger partial charge in [0, 0.05) is 29.6 Å². The van der Waals surface area contributed by atoms with E-state index in [-0.39, 0.29) is 22.8 Å². The predicted octanol–water partition coefficient (Wildman–Crippen LogP) is 4.77. The molecule has 2 atom stereocenters. The van der Waals surface area contributed by atoms with E-state index >= 15 is 0 Å². The first-order valence-corrected chi connectivity index (χ1v) is 13.3. The molecule has 3 aromatic rings. The average molecular weight is 493 g/mol. The Morgan fingerprint density at radius 3 is 2.74 bits per heavy atom. The number of carbonyl (C=O) groups excluding carboxylic acids is 1. The van der Waals surface area contributed by atoms with Crippen molar-refractivity contribution in [2.24, 2.45) is 10.9 Å². The van der Waals surface area contributed by atoms with Crippen LogP contribution < -0.4 is 9.62 Å². The zero-order valence-electron chi connectivity index (χ0n) is 18.8. The summed E-state index contributed by atoms with van der Waals surface area (Å²) in [7, 11) is -3.71. The average Bonchev–Trinajstić information content (AvgIpc) is 3.46. The van der Waals surface area contributed by atoms with Crippen molar-refractivity contribution >= 4 is 44.3 Å². The maximum Gasteiger partial charge on any atom is 0.264 e. The largest absolute Gasteiger partial charge is 0.298 e. The minimum Gasteiger partial charge on any atom is -0.298 e. The predicted molar refractivity (Wildman–Crippen MR) is 135 cm³/mol. The van der Waals surface area contributed by atoms with Gasteiger partial charge in [-0.3, -0.25) is 19.4 Å². The van der Waals surface area contributed by atoms with Crippen LogP contribution >= 0.6 is 11.3 Å². The third-order valence-corrected chi connectivity index (χ3v) is 8.69. The van der Waals surface area contributed by atoms with Crippen molar-refractivity contribution in [3.63, 3.8) is 0 Å². The zero-order valence-corrected chi connectivity index (χ0v) is 20.4. The van der Waals surface area contributed by atoms with Crippen LogP contribution in [-0.4, -0.2) is 32.1 Å². The number of amides is 1. The second-order valence-electron chi connectivity index (χ2n) is 8.50. The normalized spacial score (nSPS) is 19.3. The van der Waals surface area contributed by atoms with Gasteiger partial charge in [0.05, 0.1) is 22.3 Å². The molecule has 0 aliphatic carbocycles.